The highest BCUT2D eigenvalue weighted by Crippen LogP contribution is 2.24. The molecular weight excluding hydrogens is 375 g/mol. The number of anilines is 1. The van der Waals surface area contributed by atoms with Crippen molar-refractivity contribution in [3.05, 3.63) is 83.7 Å². The molecule has 0 saturated carbocycles. The predicted octanol–water partition coefficient (Wildman–Crippen LogP) is 4.37. The average Bonchev–Trinajstić information content (AvgIpc) is 2.71. The highest BCUT2D eigenvalue weighted by Gasteiger charge is 2.10. The topological polar surface area (TPSA) is 90.7 Å². The van der Waals surface area contributed by atoms with E-state index in [0.717, 1.165) is 0 Å². The molecule has 6 nitrogen and oxygen atoms in total. The standard InChI is InChI=1S/C22H19FN2O4/c1-2-28-20-12-7-16(13-19(20)23)25-22(27)15-5-10-18(11-6-15)29-17-8-3-14(4-9-17)21(24)26/h3-13H,2H2,1H3,(H2,24,26)(H,25,27). The molecule has 0 saturated heterocycles. The number of halogens is 1. The van der Waals surface area contributed by atoms with E-state index in [1.807, 2.05) is 0 Å². The first kappa shape index (κ1) is 19.9. The Bertz CT molecular complexity index is 1020. The monoisotopic (exact) mass is 394 g/mol. The summed E-state index contributed by atoms with van der Waals surface area (Å²) in [5, 5.41) is 2.64. The van der Waals surface area contributed by atoms with Gasteiger partial charge in [0.2, 0.25) is 5.91 Å². The van der Waals surface area contributed by atoms with Crippen molar-refractivity contribution in [1.29, 1.82) is 0 Å². The van der Waals surface area contributed by atoms with Crippen molar-refractivity contribution in [3.8, 4) is 17.2 Å². The summed E-state index contributed by atoms with van der Waals surface area (Å²) in [4.78, 5) is 23.4. The molecule has 3 aromatic carbocycles. The second-order valence-electron chi connectivity index (χ2n) is 6.05. The minimum atomic E-state index is -0.546. The number of primary amides is 1. The van der Waals surface area contributed by atoms with Gasteiger partial charge in [0.1, 0.15) is 11.5 Å². The summed E-state index contributed by atoms with van der Waals surface area (Å²) in [6.07, 6.45) is 0. The molecule has 0 atom stereocenters. The van der Waals surface area contributed by atoms with Gasteiger partial charge in [-0.25, -0.2) is 4.39 Å². The summed E-state index contributed by atoms with van der Waals surface area (Å²) in [5.41, 5.74) is 6.30. The van der Waals surface area contributed by atoms with Gasteiger partial charge in [-0.2, -0.15) is 0 Å². The van der Waals surface area contributed by atoms with Crippen molar-refractivity contribution in [2.75, 3.05) is 11.9 Å². The molecule has 0 bridgehead atoms. The van der Waals surface area contributed by atoms with E-state index in [1.165, 1.54) is 12.1 Å². The van der Waals surface area contributed by atoms with Gasteiger partial charge in [-0.15, -0.1) is 0 Å². The number of nitrogens with two attached hydrogens (primary N) is 1. The Morgan fingerprint density at radius 3 is 2.03 bits per heavy atom. The molecule has 0 spiro atoms. The van der Waals surface area contributed by atoms with E-state index in [1.54, 1.807) is 61.5 Å². The van der Waals surface area contributed by atoms with Crippen LogP contribution < -0.4 is 20.5 Å². The molecule has 0 aliphatic heterocycles. The number of amides is 2. The van der Waals surface area contributed by atoms with E-state index in [2.05, 4.69) is 5.32 Å². The van der Waals surface area contributed by atoms with E-state index in [0.29, 0.717) is 34.9 Å². The molecule has 148 valence electrons. The molecule has 3 aromatic rings. The van der Waals surface area contributed by atoms with Crippen molar-refractivity contribution < 1.29 is 23.5 Å². The lowest BCUT2D eigenvalue weighted by molar-refractivity contribution is 0.0997. The van der Waals surface area contributed by atoms with Crippen LogP contribution in [0.25, 0.3) is 0 Å². The molecule has 7 heteroatoms. The molecule has 0 radical (unpaired) electrons. The van der Waals surface area contributed by atoms with Gasteiger partial charge < -0.3 is 20.5 Å². The molecule has 0 aromatic heterocycles. The molecule has 0 aliphatic rings. The van der Waals surface area contributed by atoms with E-state index >= 15 is 0 Å². The van der Waals surface area contributed by atoms with Crippen LogP contribution in [-0.4, -0.2) is 18.4 Å². The third-order valence-corrected chi connectivity index (χ3v) is 3.98. The molecule has 2 amide bonds. The zero-order chi connectivity index (χ0) is 20.8. The maximum absolute atomic E-state index is 13.9. The van der Waals surface area contributed by atoms with Gasteiger partial charge in [0.05, 0.1) is 6.61 Å². The first-order valence-electron chi connectivity index (χ1n) is 8.87. The lowest BCUT2D eigenvalue weighted by atomic mass is 10.2. The van der Waals surface area contributed by atoms with Gasteiger partial charge in [0, 0.05) is 22.9 Å². The summed E-state index contributed by atoms with van der Waals surface area (Å²) in [5.74, 6) is -0.269. The van der Waals surface area contributed by atoms with Crippen LogP contribution in [0.4, 0.5) is 10.1 Å². The van der Waals surface area contributed by atoms with Crippen LogP contribution in [-0.2, 0) is 0 Å². The number of nitrogens with one attached hydrogen (secondary N) is 1. The van der Waals surface area contributed by atoms with E-state index in [9.17, 15) is 14.0 Å². The fourth-order valence-corrected chi connectivity index (χ4v) is 2.55. The van der Waals surface area contributed by atoms with Crippen LogP contribution in [0.2, 0.25) is 0 Å². The number of ether oxygens (including phenoxy) is 2. The van der Waals surface area contributed by atoms with Gasteiger partial charge >= 0.3 is 0 Å². The van der Waals surface area contributed by atoms with Crippen molar-refractivity contribution in [2.24, 2.45) is 5.73 Å². The Morgan fingerprint density at radius 1 is 0.931 bits per heavy atom. The molecule has 3 rings (SSSR count). The van der Waals surface area contributed by atoms with Gasteiger partial charge in [0.15, 0.2) is 11.6 Å². The molecule has 0 aliphatic carbocycles. The Morgan fingerprint density at radius 2 is 1.52 bits per heavy atom. The number of hydrogen-bond acceptors (Lipinski definition) is 4. The van der Waals surface area contributed by atoms with Crippen molar-refractivity contribution in [1.82, 2.24) is 0 Å². The molecule has 0 heterocycles. The smallest absolute Gasteiger partial charge is 0.255 e. The second-order valence-corrected chi connectivity index (χ2v) is 6.05. The minimum Gasteiger partial charge on any atom is -0.491 e. The summed E-state index contributed by atoms with van der Waals surface area (Å²) >= 11 is 0. The van der Waals surface area contributed by atoms with Crippen LogP contribution in [0.5, 0.6) is 17.2 Å². The van der Waals surface area contributed by atoms with Crippen LogP contribution >= 0.6 is 0 Å². The number of benzene rings is 3. The highest BCUT2D eigenvalue weighted by atomic mass is 19.1. The third kappa shape index (κ3) is 5.10. The zero-order valence-corrected chi connectivity index (χ0v) is 15.6. The van der Waals surface area contributed by atoms with E-state index in [4.69, 9.17) is 15.2 Å². The average molecular weight is 394 g/mol. The minimum absolute atomic E-state index is 0.135. The first-order chi connectivity index (χ1) is 14.0. The lowest BCUT2D eigenvalue weighted by Gasteiger charge is -2.09. The van der Waals surface area contributed by atoms with Gasteiger partial charge in [-0.1, -0.05) is 0 Å². The molecule has 3 N–H and O–H groups in total. The Hall–Kier alpha value is -3.87. The summed E-state index contributed by atoms with van der Waals surface area (Å²) in [7, 11) is 0. The SMILES string of the molecule is CCOc1ccc(NC(=O)c2ccc(Oc3ccc(C(N)=O)cc3)cc2)cc1F. The van der Waals surface area contributed by atoms with Crippen LogP contribution in [0.1, 0.15) is 27.6 Å². The molecular formula is C22H19FN2O4. The van der Waals surface area contributed by atoms with Gasteiger partial charge in [0.25, 0.3) is 5.91 Å². The molecule has 0 fully saturated rings. The van der Waals surface area contributed by atoms with Crippen LogP contribution in [0.15, 0.2) is 66.7 Å². The quantitative estimate of drug-likeness (QED) is 0.623. The Balaban J connectivity index is 1.64. The maximum Gasteiger partial charge on any atom is 0.255 e. The largest absolute Gasteiger partial charge is 0.491 e. The zero-order valence-electron chi connectivity index (χ0n) is 15.6. The normalized spacial score (nSPS) is 10.3. The van der Waals surface area contributed by atoms with E-state index < -0.39 is 11.7 Å². The first-order valence-corrected chi connectivity index (χ1v) is 8.87. The summed E-state index contributed by atoms with van der Waals surface area (Å²) < 4.78 is 24.7. The molecule has 29 heavy (non-hydrogen) atoms. The van der Waals surface area contributed by atoms with Crippen molar-refractivity contribution in [3.63, 3.8) is 0 Å². The highest BCUT2D eigenvalue weighted by molar-refractivity contribution is 6.04. The number of hydrogen-bond donors (Lipinski definition) is 2. The predicted molar refractivity (Wildman–Crippen MR) is 107 cm³/mol. The summed E-state index contributed by atoms with van der Waals surface area (Å²) in [6.45, 7) is 2.12. The third-order valence-electron chi connectivity index (χ3n) is 3.98. The van der Waals surface area contributed by atoms with Gasteiger partial charge in [-0.05, 0) is 67.6 Å². The number of carbonyl (C=O) groups excluding carboxylic acids is 2. The number of rotatable bonds is 7. The number of carbonyl (C=O) groups is 2. The fraction of sp³-hybridized carbons (Fsp3) is 0.0909. The van der Waals surface area contributed by atoms with Crippen LogP contribution in [0.3, 0.4) is 0 Å². The van der Waals surface area contributed by atoms with Gasteiger partial charge in [-0.3, -0.25) is 9.59 Å². The van der Waals surface area contributed by atoms with Crippen LogP contribution in [0, 0.1) is 5.82 Å². The lowest BCUT2D eigenvalue weighted by Crippen LogP contribution is -2.12. The summed E-state index contributed by atoms with van der Waals surface area (Å²) in [6, 6.07) is 17.1. The fourth-order valence-electron chi connectivity index (χ4n) is 2.55. The van der Waals surface area contributed by atoms with E-state index in [-0.39, 0.29) is 11.7 Å². The second kappa shape index (κ2) is 8.88. The van der Waals surface area contributed by atoms with Crippen molar-refractivity contribution >= 4 is 17.5 Å². The Labute approximate surface area is 167 Å². The van der Waals surface area contributed by atoms with Crippen molar-refractivity contribution in [2.45, 2.75) is 6.92 Å². The Kier molecular flexibility index (Phi) is 6.09. The molecule has 0 unspecified atom stereocenters. The maximum atomic E-state index is 13.9.